The fourth-order valence-corrected chi connectivity index (χ4v) is 2.56. The van der Waals surface area contributed by atoms with E-state index in [-0.39, 0.29) is 12.2 Å². The van der Waals surface area contributed by atoms with Gasteiger partial charge in [0.15, 0.2) is 5.78 Å². The van der Waals surface area contributed by atoms with Crippen LogP contribution in [0.5, 0.6) is 0 Å². The van der Waals surface area contributed by atoms with E-state index in [2.05, 4.69) is 15.9 Å². The van der Waals surface area contributed by atoms with Crippen LogP contribution in [-0.2, 0) is 0 Å². The maximum Gasteiger partial charge on any atom is 0.163 e. The highest BCUT2D eigenvalue weighted by Crippen LogP contribution is 2.29. The van der Waals surface area contributed by atoms with E-state index in [1.165, 1.54) is 24.3 Å². The maximum atomic E-state index is 13.1. The van der Waals surface area contributed by atoms with E-state index in [9.17, 15) is 9.18 Å². The number of carbonyl (C=O) groups is 1. The van der Waals surface area contributed by atoms with E-state index in [1.54, 1.807) is 24.3 Å². The van der Waals surface area contributed by atoms with Crippen molar-refractivity contribution in [1.29, 1.82) is 10.5 Å². The van der Waals surface area contributed by atoms with Crippen LogP contribution >= 0.6 is 15.9 Å². The van der Waals surface area contributed by atoms with Gasteiger partial charge in [-0.05, 0) is 29.8 Å². The summed E-state index contributed by atoms with van der Waals surface area (Å²) in [5.74, 6) is -2.14. The van der Waals surface area contributed by atoms with Crippen LogP contribution in [0.15, 0.2) is 53.0 Å². The summed E-state index contributed by atoms with van der Waals surface area (Å²) in [7, 11) is 0. The SMILES string of the molecule is N#CC(C#N)[C@H](CC(=O)c1ccc(Br)cc1)c1ccc(F)cc1. The van der Waals surface area contributed by atoms with E-state index in [0.29, 0.717) is 11.1 Å². The molecule has 2 aromatic rings. The van der Waals surface area contributed by atoms with Crippen LogP contribution in [0.4, 0.5) is 4.39 Å². The molecule has 0 spiro atoms. The van der Waals surface area contributed by atoms with Gasteiger partial charge in [-0.25, -0.2) is 4.39 Å². The molecule has 0 N–H and O–H groups in total. The summed E-state index contributed by atoms with van der Waals surface area (Å²) in [6.45, 7) is 0. The van der Waals surface area contributed by atoms with Gasteiger partial charge in [-0.3, -0.25) is 4.79 Å². The zero-order valence-corrected chi connectivity index (χ0v) is 13.6. The molecule has 0 unspecified atom stereocenters. The molecule has 0 fully saturated rings. The molecular weight excluding hydrogens is 359 g/mol. The predicted molar refractivity (Wildman–Crippen MR) is 86.9 cm³/mol. The number of nitriles is 2. The Morgan fingerprint density at radius 3 is 2.13 bits per heavy atom. The Bertz CT molecular complexity index is 759. The fraction of sp³-hybridized carbons (Fsp3) is 0.167. The fourth-order valence-electron chi connectivity index (χ4n) is 2.30. The molecule has 0 aliphatic heterocycles. The van der Waals surface area contributed by atoms with E-state index in [4.69, 9.17) is 10.5 Å². The lowest BCUT2D eigenvalue weighted by molar-refractivity contribution is 0.0971. The molecule has 0 aromatic heterocycles. The molecule has 0 aliphatic rings. The molecule has 2 rings (SSSR count). The number of hydrogen-bond donors (Lipinski definition) is 0. The van der Waals surface area contributed by atoms with Gasteiger partial charge in [0.05, 0.1) is 12.1 Å². The minimum Gasteiger partial charge on any atom is -0.294 e. The summed E-state index contributed by atoms with van der Waals surface area (Å²) in [5, 5.41) is 18.3. The number of carbonyl (C=O) groups excluding carboxylic acids is 1. The van der Waals surface area contributed by atoms with Crippen molar-refractivity contribution in [2.75, 3.05) is 0 Å². The first-order chi connectivity index (χ1) is 11.0. The smallest absolute Gasteiger partial charge is 0.163 e. The Balaban J connectivity index is 2.29. The average molecular weight is 371 g/mol. The Labute approximate surface area is 142 Å². The monoisotopic (exact) mass is 370 g/mol. The van der Waals surface area contributed by atoms with Crippen molar-refractivity contribution in [2.45, 2.75) is 12.3 Å². The van der Waals surface area contributed by atoms with Gasteiger partial charge >= 0.3 is 0 Å². The highest BCUT2D eigenvalue weighted by atomic mass is 79.9. The average Bonchev–Trinajstić information content (AvgIpc) is 2.56. The molecule has 1 atom stereocenters. The molecule has 0 radical (unpaired) electrons. The van der Waals surface area contributed by atoms with Gasteiger partial charge in [0.2, 0.25) is 0 Å². The van der Waals surface area contributed by atoms with Crippen LogP contribution in [0.1, 0.15) is 28.3 Å². The Kier molecular flexibility index (Phi) is 5.62. The summed E-state index contributed by atoms with van der Waals surface area (Å²) < 4.78 is 13.9. The number of hydrogen-bond acceptors (Lipinski definition) is 3. The van der Waals surface area contributed by atoms with Crippen LogP contribution in [0.3, 0.4) is 0 Å². The second-order valence-corrected chi connectivity index (χ2v) is 5.94. The minimum atomic E-state index is -0.972. The normalized spacial score (nSPS) is 11.5. The van der Waals surface area contributed by atoms with Crippen LogP contribution < -0.4 is 0 Å². The number of nitrogens with zero attached hydrogens (tertiary/aromatic N) is 2. The van der Waals surface area contributed by atoms with E-state index in [0.717, 1.165) is 4.47 Å². The van der Waals surface area contributed by atoms with E-state index in [1.807, 2.05) is 12.1 Å². The molecule has 5 heteroatoms. The van der Waals surface area contributed by atoms with Gasteiger partial charge in [0.1, 0.15) is 11.7 Å². The third kappa shape index (κ3) is 4.25. The van der Waals surface area contributed by atoms with Gasteiger partial charge in [-0.2, -0.15) is 10.5 Å². The van der Waals surface area contributed by atoms with Crippen molar-refractivity contribution in [3.05, 3.63) is 69.9 Å². The van der Waals surface area contributed by atoms with Crippen molar-refractivity contribution in [3.8, 4) is 12.1 Å². The van der Waals surface area contributed by atoms with Crippen molar-refractivity contribution in [3.63, 3.8) is 0 Å². The number of Topliss-reactive ketones (excluding diaryl/α,β-unsaturated/α-hetero) is 1. The van der Waals surface area contributed by atoms with E-state index < -0.39 is 17.7 Å². The summed E-state index contributed by atoms with van der Waals surface area (Å²) in [6, 6.07) is 16.3. The largest absolute Gasteiger partial charge is 0.294 e. The molecule has 0 aliphatic carbocycles. The summed E-state index contributed by atoms with van der Waals surface area (Å²) in [5.41, 5.74) is 1.11. The molecule has 0 heterocycles. The molecule has 0 saturated heterocycles. The number of benzene rings is 2. The highest BCUT2D eigenvalue weighted by Gasteiger charge is 2.26. The van der Waals surface area contributed by atoms with Crippen molar-refractivity contribution in [2.24, 2.45) is 5.92 Å². The molecule has 0 saturated carbocycles. The van der Waals surface area contributed by atoms with Crippen molar-refractivity contribution in [1.82, 2.24) is 0 Å². The number of halogens is 2. The number of ketones is 1. The van der Waals surface area contributed by atoms with Gasteiger partial charge < -0.3 is 0 Å². The van der Waals surface area contributed by atoms with Crippen LogP contribution in [0.25, 0.3) is 0 Å². The Morgan fingerprint density at radius 2 is 1.61 bits per heavy atom. The Morgan fingerprint density at radius 1 is 1.04 bits per heavy atom. The first kappa shape index (κ1) is 16.9. The topological polar surface area (TPSA) is 64.7 Å². The molecule has 0 bridgehead atoms. The summed E-state index contributed by atoms with van der Waals surface area (Å²) in [4.78, 5) is 12.4. The summed E-state index contributed by atoms with van der Waals surface area (Å²) in [6.07, 6.45) is 0.0129. The maximum absolute atomic E-state index is 13.1. The standard InChI is InChI=1S/C18H12BrFN2O/c19-15-5-1-13(2-6-15)18(23)9-17(14(10-21)11-22)12-3-7-16(20)8-4-12/h1-8,14,17H,9H2/t17-/m1/s1. The van der Waals surface area contributed by atoms with E-state index >= 15 is 0 Å². The third-order valence-corrected chi connectivity index (χ3v) is 4.08. The Hall–Kier alpha value is -2.50. The molecular formula is C18H12BrFN2O. The first-order valence-electron chi connectivity index (χ1n) is 6.88. The molecule has 114 valence electrons. The lowest BCUT2D eigenvalue weighted by Crippen LogP contribution is -2.15. The van der Waals surface area contributed by atoms with Crippen molar-refractivity contribution < 1.29 is 9.18 Å². The third-order valence-electron chi connectivity index (χ3n) is 3.55. The van der Waals surface area contributed by atoms with Crippen molar-refractivity contribution >= 4 is 21.7 Å². The van der Waals surface area contributed by atoms with Crippen LogP contribution in [0, 0.1) is 34.4 Å². The molecule has 2 aromatic carbocycles. The lowest BCUT2D eigenvalue weighted by atomic mass is 9.83. The lowest BCUT2D eigenvalue weighted by Gasteiger charge is -2.17. The number of rotatable bonds is 5. The quantitative estimate of drug-likeness (QED) is 0.721. The first-order valence-corrected chi connectivity index (χ1v) is 7.68. The second kappa shape index (κ2) is 7.67. The second-order valence-electron chi connectivity index (χ2n) is 5.03. The summed E-state index contributed by atoms with van der Waals surface area (Å²) >= 11 is 3.30. The van der Waals surface area contributed by atoms with Gasteiger partial charge in [-0.15, -0.1) is 0 Å². The molecule has 23 heavy (non-hydrogen) atoms. The van der Waals surface area contributed by atoms with Gasteiger partial charge in [0, 0.05) is 22.4 Å². The molecule has 3 nitrogen and oxygen atoms in total. The van der Waals surface area contributed by atoms with Crippen LogP contribution in [-0.4, -0.2) is 5.78 Å². The zero-order chi connectivity index (χ0) is 16.8. The van der Waals surface area contributed by atoms with Gasteiger partial charge in [-0.1, -0.05) is 40.2 Å². The van der Waals surface area contributed by atoms with Crippen LogP contribution in [0.2, 0.25) is 0 Å². The predicted octanol–water partition coefficient (Wildman–Crippen LogP) is 4.61. The van der Waals surface area contributed by atoms with Gasteiger partial charge in [0.25, 0.3) is 0 Å². The molecule has 0 amide bonds. The minimum absolute atomic E-state index is 0.0129. The zero-order valence-electron chi connectivity index (χ0n) is 12.0. The highest BCUT2D eigenvalue weighted by molar-refractivity contribution is 9.10.